The van der Waals surface area contributed by atoms with Crippen molar-refractivity contribution in [2.75, 3.05) is 45.7 Å². The van der Waals surface area contributed by atoms with Crippen molar-refractivity contribution < 1.29 is 32.2 Å². The molecule has 0 atom stereocenters. The number of ether oxygens (including phenoxy) is 3. The third-order valence-electron chi connectivity index (χ3n) is 7.13. The number of fused-ring (bicyclic) bond motifs is 1. The van der Waals surface area contributed by atoms with E-state index in [4.69, 9.17) is 14.2 Å². The van der Waals surface area contributed by atoms with Crippen molar-refractivity contribution in [2.24, 2.45) is 0 Å². The van der Waals surface area contributed by atoms with E-state index in [1.54, 1.807) is 31.2 Å². The number of methoxy groups -OCH3 is 2. The maximum Gasteiger partial charge on any atom is 0.416 e. The van der Waals surface area contributed by atoms with Gasteiger partial charge in [0.2, 0.25) is 5.88 Å². The first kappa shape index (κ1) is 32.5. The van der Waals surface area contributed by atoms with E-state index >= 15 is 0 Å². The zero-order valence-corrected chi connectivity index (χ0v) is 25.3. The summed E-state index contributed by atoms with van der Waals surface area (Å²) in [7, 11) is 3.03. The number of anilines is 1. The fourth-order valence-corrected chi connectivity index (χ4v) is 4.66. The normalized spacial score (nSPS) is 11.6. The quantitative estimate of drug-likeness (QED) is 0.167. The van der Waals surface area contributed by atoms with Gasteiger partial charge in [-0.3, -0.25) is 9.69 Å². The number of alkyl halides is 3. The van der Waals surface area contributed by atoms with Gasteiger partial charge in [0.15, 0.2) is 11.5 Å². The van der Waals surface area contributed by atoms with Crippen LogP contribution in [0.4, 0.5) is 18.9 Å². The van der Waals surface area contributed by atoms with Crippen LogP contribution in [-0.2, 0) is 12.7 Å². The summed E-state index contributed by atoms with van der Waals surface area (Å²) in [6.45, 7) is 8.51. The summed E-state index contributed by atoms with van der Waals surface area (Å²) < 4.78 is 59.1. The van der Waals surface area contributed by atoms with E-state index in [1.165, 1.54) is 38.7 Å². The van der Waals surface area contributed by atoms with Crippen LogP contribution in [0.1, 0.15) is 40.9 Å². The van der Waals surface area contributed by atoms with Crippen LogP contribution in [0.2, 0.25) is 0 Å². The molecule has 0 saturated carbocycles. The molecule has 1 heterocycles. The molecule has 4 aromatic rings. The summed E-state index contributed by atoms with van der Waals surface area (Å²) in [5.41, 5.74) is 0.864. The number of aryl methyl sites for hydroxylation is 1. The number of likely N-dealkylation sites (N-methyl/N-ethyl adjacent to an activating group) is 2. The van der Waals surface area contributed by atoms with E-state index in [-0.39, 0.29) is 29.2 Å². The van der Waals surface area contributed by atoms with E-state index in [1.807, 2.05) is 18.7 Å². The van der Waals surface area contributed by atoms with Crippen LogP contribution in [0.3, 0.4) is 0 Å². The fourth-order valence-electron chi connectivity index (χ4n) is 4.66. The summed E-state index contributed by atoms with van der Waals surface area (Å²) in [6.07, 6.45) is -3.24. The van der Waals surface area contributed by atoms with Crippen LogP contribution >= 0.6 is 0 Å². The average molecular weight is 612 g/mol. The number of hydrogen-bond acceptors (Lipinski definition) is 8. The average Bonchev–Trinajstić information content (AvgIpc) is 3.01. The molecule has 0 bridgehead atoms. The Morgan fingerprint density at radius 2 is 1.70 bits per heavy atom. The highest BCUT2D eigenvalue weighted by atomic mass is 19.4. The van der Waals surface area contributed by atoms with Crippen molar-refractivity contribution in [3.05, 3.63) is 77.1 Å². The largest absolute Gasteiger partial charge is 0.493 e. The van der Waals surface area contributed by atoms with Gasteiger partial charge in [0.25, 0.3) is 5.91 Å². The molecule has 0 fully saturated rings. The van der Waals surface area contributed by atoms with Gasteiger partial charge in [-0.2, -0.15) is 13.2 Å². The maximum absolute atomic E-state index is 14.1. The fraction of sp³-hybridized carbons (Fsp3) is 0.344. The molecule has 0 aliphatic carbocycles. The van der Waals surface area contributed by atoms with E-state index in [0.717, 1.165) is 12.6 Å². The number of rotatable bonds is 13. The molecule has 44 heavy (non-hydrogen) atoms. The zero-order valence-electron chi connectivity index (χ0n) is 25.3. The van der Waals surface area contributed by atoms with Gasteiger partial charge < -0.3 is 24.8 Å². The van der Waals surface area contributed by atoms with Crippen molar-refractivity contribution in [1.82, 2.24) is 20.2 Å². The van der Waals surface area contributed by atoms with Crippen LogP contribution in [0.25, 0.3) is 10.9 Å². The summed E-state index contributed by atoms with van der Waals surface area (Å²) in [6, 6.07) is 12.1. The topological polar surface area (TPSA) is 97.8 Å². The van der Waals surface area contributed by atoms with Gasteiger partial charge >= 0.3 is 6.18 Å². The lowest BCUT2D eigenvalue weighted by Gasteiger charge is -2.23. The summed E-state index contributed by atoms with van der Waals surface area (Å²) in [5, 5.41) is 6.35. The van der Waals surface area contributed by atoms with Crippen molar-refractivity contribution >= 4 is 22.5 Å². The first-order valence-corrected chi connectivity index (χ1v) is 14.2. The maximum atomic E-state index is 14.1. The monoisotopic (exact) mass is 611 g/mol. The summed E-state index contributed by atoms with van der Waals surface area (Å²) in [4.78, 5) is 23.7. The lowest BCUT2D eigenvalue weighted by Crippen LogP contribution is -2.32. The molecule has 1 aromatic heterocycles. The first-order valence-electron chi connectivity index (χ1n) is 14.2. The van der Waals surface area contributed by atoms with E-state index in [9.17, 15) is 18.0 Å². The van der Waals surface area contributed by atoms with Crippen LogP contribution in [0.15, 0.2) is 54.9 Å². The number of amides is 1. The second-order valence-corrected chi connectivity index (χ2v) is 10.0. The summed E-state index contributed by atoms with van der Waals surface area (Å²) >= 11 is 0. The lowest BCUT2D eigenvalue weighted by atomic mass is 10.0. The van der Waals surface area contributed by atoms with Gasteiger partial charge in [-0.1, -0.05) is 26.0 Å². The van der Waals surface area contributed by atoms with Crippen molar-refractivity contribution in [1.29, 1.82) is 0 Å². The molecule has 2 N–H and O–H groups in total. The molecule has 0 radical (unpaired) electrons. The van der Waals surface area contributed by atoms with Crippen LogP contribution in [-0.4, -0.2) is 61.2 Å². The highest BCUT2D eigenvalue weighted by Crippen LogP contribution is 2.37. The molecule has 0 unspecified atom stereocenters. The van der Waals surface area contributed by atoms with Crippen molar-refractivity contribution in [2.45, 2.75) is 33.5 Å². The van der Waals surface area contributed by atoms with Gasteiger partial charge in [0.1, 0.15) is 12.1 Å². The molecule has 3 aromatic carbocycles. The Balaban J connectivity index is 1.57. The number of nitrogens with zero attached hydrogens (tertiary/aromatic N) is 3. The minimum Gasteiger partial charge on any atom is -0.493 e. The number of carbonyl (C=O) groups is 1. The molecular formula is C32H36F3N5O4. The van der Waals surface area contributed by atoms with Gasteiger partial charge in [0, 0.05) is 37.0 Å². The zero-order chi connectivity index (χ0) is 31.9. The Bertz CT molecular complexity index is 1610. The predicted octanol–water partition coefficient (Wildman–Crippen LogP) is 6.45. The number of benzene rings is 3. The Kier molecular flexibility index (Phi) is 10.6. The number of nitrogens with one attached hydrogen (secondary N) is 2. The Morgan fingerprint density at radius 1 is 0.955 bits per heavy atom. The van der Waals surface area contributed by atoms with E-state index in [0.29, 0.717) is 53.3 Å². The SMILES string of the molecule is CCNCCN(CC)Cc1ccc(NC(=O)c2ccc(C)c(Oc3ncnc4cc(OC)c(OC)cc34)c2)cc1C(F)(F)F. The molecule has 1 amide bonds. The Hall–Kier alpha value is -4.42. The molecule has 4 rings (SSSR count). The number of halogens is 3. The number of carbonyl (C=O) groups excluding carboxylic acids is 1. The van der Waals surface area contributed by atoms with Gasteiger partial charge in [-0.05, 0) is 61.5 Å². The molecule has 0 saturated heterocycles. The molecule has 0 spiro atoms. The van der Waals surface area contributed by atoms with E-state index < -0.39 is 17.6 Å². The molecule has 0 aliphatic heterocycles. The summed E-state index contributed by atoms with van der Waals surface area (Å²) in [5.74, 6) is 0.943. The molecular weight excluding hydrogens is 575 g/mol. The standard InChI is InChI=1S/C32H36F3N5O4/c1-6-36-12-13-40(7-2)18-22-10-11-23(15-25(22)32(33,34)35)39-30(41)21-9-8-20(3)27(14-21)44-31-24-16-28(42-4)29(43-5)17-26(24)37-19-38-31/h8-11,14-17,19,36H,6-7,12-13,18H2,1-5H3,(H,39,41). The first-order chi connectivity index (χ1) is 21.1. The molecule has 234 valence electrons. The number of hydrogen-bond donors (Lipinski definition) is 2. The third kappa shape index (κ3) is 7.74. The van der Waals surface area contributed by atoms with Crippen LogP contribution in [0, 0.1) is 6.92 Å². The Morgan fingerprint density at radius 3 is 2.39 bits per heavy atom. The van der Waals surface area contributed by atoms with Gasteiger partial charge in [-0.25, -0.2) is 9.97 Å². The lowest BCUT2D eigenvalue weighted by molar-refractivity contribution is -0.138. The Labute approximate surface area is 254 Å². The molecule has 0 aliphatic rings. The van der Waals surface area contributed by atoms with Crippen molar-refractivity contribution in [3.63, 3.8) is 0 Å². The van der Waals surface area contributed by atoms with Gasteiger partial charge in [0.05, 0.1) is 30.7 Å². The van der Waals surface area contributed by atoms with Gasteiger partial charge in [-0.15, -0.1) is 0 Å². The molecule has 9 nitrogen and oxygen atoms in total. The minimum atomic E-state index is -4.59. The number of aromatic nitrogens is 2. The highest BCUT2D eigenvalue weighted by Gasteiger charge is 2.34. The highest BCUT2D eigenvalue weighted by molar-refractivity contribution is 6.04. The minimum absolute atomic E-state index is 0.0349. The smallest absolute Gasteiger partial charge is 0.416 e. The predicted molar refractivity (Wildman–Crippen MR) is 163 cm³/mol. The van der Waals surface area contributed by atoms with Crippen LogP contribution in [0.5, 0.6) is 23.1 Å². The second kappa shape index (κ2) is 14.4. The van der Waals surface area contributed by atoms with E-state index in [2.05, 4.69) is 20.6 Å². The second-order valence-electron chi connectivity index (χ2n) is 10.0. The van der Waals surface area contributed by atoms with Crippen LogP contribution < -0.4 is 24.8 Å². The van der Waals surface area contributed by atoms with Crippen molar-refractivity contribution in [3.8, 4) is 23.1 Å². The molecule has 12 heteroatoms. The third-order valence-corrected chi connectivity index (χ3v) is 7.13.